The van der Waals surface area contributed by atoms with Crippen LogP contribution in [0.5, 0.6) is 0 Å². The van der Waals surface area contributed by atoms with Crippen LogP contribution in [0.4, 0.5) is 17.1 Å². The van der Waals surface area contributed by atoms with Gasteiger partial charge in [0.15, 0.2) is 0 Å². The van der Waals surface area contributed by atoms with Crippen molar-refractivity contribution in [3.63, 3.8) is 0 Å². The number of para-hydroxylation sites is 2. The van der Waals surface area contributed by atoms with E-state index in [1.165, 1.54) is 119 Å². The molecule has 1 nitrogen and oxygen atoms in total. The van der Waals surface area contributed by atoms with Crippen LogP contribution in [0.25, 0.3) is 0 Å². The van der Waals surface area contributed by atoms with Gasteiger partial charge >= 0.3 is 0 Å². The van der Waals surface area contributed by atoms with Crippen LogP contribution in [0.3, 0.4) is 0 Å². The summed E-state index contributed by atoms with van der Waals surface area (Å²) in [5.74, 6) is 0.182. The van der Waals surface area contributed by atoms with E-state index >= 15 is 0 Å². The second-order valence-corrected chi connectivity index (χ2v) is 25.3. The number of hydrogen-bond acceptors (Lipinski definition) is 1. The zero-order valence-electron chi connectivity index (χ0n) is 43.5. The predicted molar refractivity (Wildman–Crippen MR) is 292 cm³/mol. The topological polar surface area (TPSA) is 3.24 Å². The normalized spacial score (nSPS) is 19.9. The molecule has 0 amide bonds. The molecule has 2 aliphatic carbocycles. The molecule has 2 atom stereocenters. The second kappa shape index (κ2) is 15.2. The first-order valence-electron chi connectivity index (χ1n) is 25.7. The molecule has 0 radical (unpaired) electrons. The minimum Gasteiger partial charge on any atom is -0.311 e. The fourth-order valence-corrected chi connectivity index (χ4v) is 14.0. The Morgan fingerprint density at radius 3 is 1.50 bits per heavy atom. The Bertz CT molecular complexity index is 3130. The van der Waals surface area contributed by atoms with E-state index in [0.717, 1.165) is 6.42 Å². The van der Waals surface area contributed by atoms with Gasteiger partial charge in [0.1, 0.15) is 0 Å². The molecule has 0 bridgehead atoms. The van der Waals surface area contributed by atoms with Crippen molar-refractivity contribution in [3.8, 4) is 0 Å². The molecule has 2 aliphatic heterocycles. The molecule has 0 saturated heterocycles. The molecule has 2 heteroatoms. The van der Waals surface area contributed by atoms with Crippen LogP contribution in [-0.4, -0.2) is 6.71 Å². The van der Waals surface area contributed by atoms with Crippen LogP contribution in [0.15, 0.2) is 133 Å². The van der Waals surface area contributed by atoms with Gasteiger partial charge in [-0.15, -0.1) is 0 Å². The van der Waals surface area contributed by atoms with Gasteiger partial charge in [0, 0.05) is 28.9 Å². The highest BCUT2D eigenvalue weighted by Gasteiger charge is 2.49. The van der Waals surface area contributed by atoms with Gasteiger partial charge in [-0.1, -0.05) is 195 Å². The lowest BCUT2D eigenvalue weighted by Crippen LogP contribution is -2.63. The van der Waals surface area contributed by atoms with Gasteiger partial charge in [-0.25, -0.2) is 0 Å². The number of anilines is 3. The summed E-state index contributed by atoms with van der Waals surface area (Å²) in [7, 11) is 0. The van der Waals surface area contributed by atoms with E-state index in [4.69, 9.17) is 0 Å². The molecule has 0 saturated carbocycles. The zero-order chi connectivity index (χ0) is 48.0. The Morgan fingerprint density at radius 2 is 0.926 bits per heavy atom. The third-order valence-electron chi connectivity index (χ3n) is 17.5. The number of aryl methyl sites for hydroxylation is 3. The Labute approximate surface area is 409 Å². The molecule has 2 heterocycles. The Morgan fingerprint density at radius 1 is 0.441 bits per heavy atom. The lowest BCUT2D eigenvalue weighted by Gasteiger charge is -2.46. The first kappa shape index (κ1) is 44.9. The second-order valence-electron chi connectivity index (χ2n) is 25.3. The van der Waals surface area contributed by atoms with Crippen molar-refractivity contribution in [1.29, 1.82) is 0 Å². The molecular formula is C66H72BN. The average Bonchev–Trinajstić information content (AvgIpc) is 3.46. The molecule has 4 aliphatic rings. The summed E-state index contributed by atoms with van der Waals surface area (Å²) in [6.45, 7) is 34.1. The molecule has 0 spiro atoms. The fraction of sp³-hybridized carbons (Fsp3) is 0.364. The van der Waals surface area contributed by atoms with E-state index < -0.39 is 0 Å². The highest BCUT2D eigenvalue weighted by atomic mass is 15.1. The van der Waals surface area contributed by atoms with E-state index in [1.54, 1.807) is 5.56 Å². The van der Waals surface area contributed by atoms with E-state index in [2.05, 4.69) is 235 Å². The van der Waals surface area contributed by atoms with E-state index in [-0.39, 0.29) is 45.6 Å². The molecule has 11 rings (SSSR count). The van der Waals surface area contributed by atoms with Gasteiger partial charge in [0.25, 0.3) is 0 Å². The third-order valence-corrected chi connectivity index (χ3v) is 17.5. The van der Waals surface area contributed by atoms with Crippen molar-refractivity contribution < 1.29 is 0 Å². The number of hydrogen-bond donors (Lipinski definition) is 0. The number of fused-ring (bicyclic) bond motifs is 6. The molecular weight excluding hydrogens is 818 g/mol. The van der Waals surface area contributed by atoms with E-state index in [9.17, 15) is 0 Å². The number of benzene rings is 7. The van der Waals surface area contributed by atoms with Crippen LogP contribution in [0, 0.1) is 20.8 Å². The van der Waals surface area contributed by atoms with Gasteiger partial charge in [0.2, 0.25) is 6.71 Å². The molecule has 0 fully saturated rings. The largest absolute Gasteiger partial charge is 0.311 e. The summed E-state index contributed by atoms with van der Waals surface area (Å²) in [6, 6.07) is 52.9. The number of rotatable bonds is 5. The summed E-state index contributed by atoms with van der Waals surface area (Å²) in [6.07, 6.45) is 3.53. The first-order chi connectivity index (χ1) is 32.1. The fourth-order valence-electron chi connectivity index (χ4n) is 14.0. The van der Waals surface area contributed by atoms with Crippen LogP contribution < -0.4 is 21.3 Å². The predicted octanol–water partition coefficient (Wildman–Crippen LogP) is 15.2. The highest BCUT2D eigenvalue weighted by molar-refractivity contribution is 6.97. The monoisotopic (exact) mass is 890 g/mol. The molecule has 68 heavy (non-hydrogen) atoms. The Balaban J connectivity index is 1.26. The molecule has 344 valence electrons. The maximum Gasteiger partial charge on any atom is 0.242 e. The summed E-state index contributed by atoms with van der Waals surface area (Å²) in [4.78, 5) is 2.47. The van der Waals surface area contributed by atoms with Crippen molar-refractivity contribution in [1.82, 2.24) is 0 Å². The Kier molecular flexibility index (Phi) is 10.0. The van der Waals surface area contributed by atoms with Crippen LogP contribution in [0.2, 0.25) is 0 Å². The minimum absolute atomic E-state index is 0.0650. The Hall–Kier alpha value is -5.60. The van der Waals surface area contributed by atoms with Gasteiger partial charge in [-0.05, 0) is 176 Å². The van der Waals surface area contributed by atoms with Crippen molar-refractivity contribution in [2.75, 3.05) is 4.90 Å². The first-order valence-corrected chi connectivity index (χ1v) is 25.7. The zero-order valence-corrected chi connectivity index (χ0v) is 43.5. The molecule has 0 aromatic heterocycles. The van der Waals surface area contributed by atoms with Crippen LogP contribution >= 0.6 is 0 Å². The maximum atomic E-state index is 2.74. The van der Waals surface area contributed by atoms with Crippen molar-refractivity contribution in [2.45, 2.75) is 155 Å². The van der Waals surface area contributed by atoms with Crippen molar-refractivity contribution >= 4 is 40.2 Å². The van der Waals surface area contributed by atoms with Gasteiger partial charge in [0.05, 0.1) is 0 Å². The van der Waals surface area contributed by atoms with E-state index in [1.807, 2.05) is 0 Å². The highest BCUT2D eigenvalue weighted by Crippen LogP contribution is 2.53. The molecule has 7 aromatic rings. The summed E-state index contributed by atoms with van der Waals surface area (Å²) < 4.78 is 0. The molecule has 0 N–H and O–H groups in total. The van der Waals surface area contributed by atoms with Gasteiger partial charge < -0.3 is 4.90 Å². The quantitative estimate of drug-likeness (QED) is 0.156. The standard InChI is InChI=1S/C66H72BN/c1-40-31-51-59(47-27-25-43(33-41(47)2)62(4,5)6)50-37-54-56(64(9,10)30-29-63(54,7)8)38-58(50)67-57-35-46(68(44-21-17-15-18-22-44)45-23-19-16-20-24-45)26-28-48(57)60(52(32-40)61(51)67)49-36-55-53(34-42(49)3)65(11,12)39-66(55,13)14/h15-28,31-38,59-60H,29-30,39H2,1-14H3. The average molecular weight is 890 g/mol. The van der Waals surface area contributed by atoms with Gasteiger partial charge in [-0.2, -0.15) is 0 Å². The third kappa shape index (κ3) is 6.93. The minimum atomic E-state index is 0.0650. The van der Waals surface area contributed by atoms with E-state index in [0.29, 0.717) is 0 Å². The summed E-state index contributed by atoms with van der Waals surface area (Å²) >= 11 is 0. The lowest BCUT2D eigenvalue weighted by molar-refractivity contribution is 0.332. The van der Waals surface area contributed by atoms with Crippen molar-refractivity contribution in [3.05, 3.63) is 211 Å². The van der Waals surface area contributed by atoms with Crippen LogP contribution in [-0.2, 0) is 27.1 Å². The smallest absolute Gasteiger partial charge is 0.242 e. The maximum absolute atomic E-state index is 2.74. The molecule has 2 unspecified atom stereocenters. The summed E-state index contributed by atoms with van der Waals surface area (Å²) in [5, 5.41) is 0. The van der Waals surface area contributed by atoms with Crippen molar-refractivity contribution in [2.24, 2.45) is 0 Å². The SMILES string of the molecule is Cc1cc2c3c(c1)C(c1ccc(C(C)(C)C)cc1C)c1cc4c(cc1B3c1cc(N(c3ccccc3)c3ccccc3)ccc1C2c1cc2c(cc1C)C(C)(C)CC2(C)C)C(C)(C)CCC4(C)C. The summed E-state index contributed by atoms with van der Waals surface area (Å²) in [5.41, 5.74) is 28.9. The van der Waals surface area contributed by atoms with Gasteiger partial charge in [-0.3, -0.25) is 0 Å². The lowest BCUT2D eigenvalue weighted by atomic mass is 9.28. The van der Waals surface area contributed by atoms with Crippen LogP contribution in [0.1, 0.15) is 185 Å². The number of nitrogens with zero attached hydrogens (tertiary/aromatic N) is 1. The molecule has 7 aromatic carbocycles.